The fourth-order valence-corrected chi connectivity index (χ4v) is 2.95. The zero-order chi connectivity index (χ0) is 20.2. The van der Waals surface area contributed by atoms with E-state index in [-0.39, 0.29) is 5.91 Å². The number of hydrogen-bond acceptors (Lipinski definition) is 6. The first-order valence-corrected chi connectivity index (χ1v) is 9.32. The molecule has 0 saturated heterocycles. The molecule has 29 heavy (non-hydrogen) atoms. The Bertz CT molecular complexity index is 1170. The van der Waals surface area contributed by atoms with Gasteiger partial charge in [-0.3, -0.25) is 9.36 Å². The van der Waals surface area contributed by atoms with Gasteiger partial charge in [0.05, 0.1) is 11.2 Å². The van der Waals surface area contributed by atoms with E-state index in [0.29, 0.717) is 24.6 Å². The van der Waals surface area contributed by atoms with Crippen molar-refractivity contribution in [2.24, 2.45) is 0 Å². The zero-order valence-corrected chi connectivity index (χ0v) is 16.3. The second-order valence-electron chi connectivity index (χ2n) is 6.62. The average Bonchev–Trinajstić information content (AvgIpc) is 3.09. The molecule has 0 aliphatic heterocycles. The second-order valence-corrected chi connectivity index (χ2v) is 6.62. The molecule has 0 unspecified atom stereocenters. The van der Waals surface area contributed by atoms with E-state index in [2.05, 4.69) is 30.6 Å². The highest BCUT2D eigenvalue weighted by molar-refractivity contribution is 5.94. The number of benzene rings is 1. The highest BCUT2D eigenvalue weighted by Gasteiger charge is 2.09. The minimum atomic E-state index is -0.203. The van der Waals surface area contributed by atoms with Gasteiger partial charge in [-0.1, -0.05) is 24.3 Å². The summed E-state index contributed by atoms with van der Waals surface area (Å²) >= 11 is 0. The van der Waals surface area contributed by atoms with Gasteiger partial charge in [-0.15, -0.1) is 0 Å². The third-order valence-electron chi connectivity index (χ3n) is 4.70. The van der Waals surface area contributed by atoms with Gasteiger partial charge in [-0.2, -0.15) is 0 Å². The van der Waals surface area contributed by atoms with Crippen molar-refractivity contribution in [1.82, 2.24) is 29.8 Å². The lowest BCUT2D eigenvalue weighted by molar-refractivity contribution is 0.0950. The number of rotatable bonds is 6. The van der Waals surface area contributed by atoms with Crippen molar-refractivity contribution in [3.05, 3.63) is 72.2 Å². The zero-order valence-electron chi connectivity index (χ0n) is 16.3. The monoisotopic (exact) mass is 387 g/mol. The predicted octanol–water partition coefficient (Wildman–Crippen LogP) is 2.67. The number of imidazole rings is 1. The van der Waals surface area contributed by atoms with Crippen LogP contribution >= 0.6 is 0 Å². The fraction of sp³-hybridized carbons (Fsp3) is 0.190. The maximum absolute atomic E-state index is 12.3. The van der Waals surface area contributed by atoms with Crippen LogP contribution in [-0.2, 0) is 0 Å². The molecular formula is C21H21N7O. The Hall–Kier alpha value is -3.81. The van der Waals surface area contributed by atoms with Crippen molar-refractivity contribution in [1.29, 1.82) is 0 Å². The van der Waals surface area contributed by atoms with Crippen LogP contribution in [0.4, 0.5) is 5.82 Å². The molecule has 3 heterocycles. The third kappa shape index (κ3) is 4.06. The van der Waals surface area contributed by atoms with E-state index in [1.54, 1.807) is 12.4 Å². The molecule has 0 bridgehead atoms. The molecule has 0 radical (unpaired) electrons. The molecule has 8 heteroatoms. The van der Waals surface area contributed by atoms with E-state index in [1.807, 2.05) is 54.8 Å². The number of aromatic nitrogens is 5. The van der Waals surface area contributed by atoms with E-state index in [1.165, 1.54) is 6.33 Å². The summed E-state index contributed by atoms with van der Waals surface area (Å²) in [5.41, 5.74) is 3.20. The van der Waals surface area contributed by atoms with Crippen LogP contribution < -0.4 is 10.6 Å². The molecule has 0 atom stereocenters. The van der Waals surface area contributed by atoms with Crippen LogP contribution in [0.1, 0.15) is 21.9 Å². The van der Waals surface area contributed by atoms with Gasteiger partial charge in [0.2, 0.25) is 0 Å². The van der Waals surface area contributed by atoms with Crippen LogP contribution in [0.15, 0.2) is 55.1 Å². The number of amides is 1. The number of fused-ring (bicyclic) bond motifs is 1. The van der Waals surface area contributed by atoms with Crippen LogP contribution in [0, 0.1) is 13.8 Å². The van der Waals surface area contributed by atoms with Crippen LogP contribution in [0.25, 0.3) is 16.7 Å². The average molecular weight is 387 g/mol. The van der Waals surface area contributed by atoms with Crippen LogP contribution in [-0.4, -0.2) is 43.5 Å². The SMILES string of the molecule is Cc1ncn(-c2cc(NCCNC(=O)c3ccc4ccccc4n3)ncn2)c1C. The van der Waals surface area contributed by atoms with Crippen molar-refractivity contribution in [3.8, 4) is 5.82 Å². The van der Waals surface area contributed by atoms with Gasteiger partial charge in [-0.05, 0) is 26.0 Å². The number of carbonyl (C=O) groups is 1. The number of carbonyl (C=O) groups excluding carboxylic acids is 1. The van der Waals surface area contributed by atoms with Crippen LogP contribution in [0.3, 0.4) is 0 Å². The van der Waals surface area contributed by atoms with Gasteiger partial charge in [-0.25, -0.2) is 19.9 Å². The Balaban J connectivity index is 1.34. The standard InChI is InChI=1S/C21H21N7O/c1-14-15(2)28(13-26-14)20-11-19(24-12-25-20)22-9-10-23-21(29)18-8-7-16-5-3-4-6-17(16)27-18/h3-8,11-13H,9-10H2,1-2H3,(H,23,29)(H,22,24,25). The highest BCUT2D eigenvalue weighted by atomic mass is 16.1. The lowest BCUT2D eigenvalue weighted by atomic mass is 10.2. The van der Waals surface area contributed by atoms with Gasteiger partial charge >= 0.3 is 0 Å². The van der Waals surface area contributed by atoms with E-state index in [0.717, 1.165) is 28.1 Å². The van der Waals surface area contributed by atoms with E-state index < -0.39 is 0 Å². The quantitative estimate of drug-likeness (QED) is 0.494. The molecule has 0 saturated carbocycles. The first-order valence-electron chi connectivity index (χ1n) is 9.32. The molecule has 4 aromatic rings. The predicted molar refractivity (Wildman–Crippen MR) is 111 cm³/mol. The van der Waals surface area contributed by atoms with Gasteiger partial charge in [0, 0.05) is 30.2 Å². The molecule has 1 amide bonds. The summed E-state index contributed by atoms with van der Waals surface area (Å²) in [7, 11) is 0. The second kappa shape index (κ2) is 8.05. The van der Waals surface area contributed by atoms with Crippen molar-refractivity contribution in [2.45, 2.75) is 13.8 Å². The van der Waals surface area contributed by atoms with Crippen molar-refractivity contribution in [2.75, 3.05) is 18.4 Å². The van der Waals surface area contributed by atoms with Crippen molar-refractivity contribution >= 4 is 22.6 Å². The Kier molecular flexibility index (Phi) is 5.15. The first-order chi connectivity index (χ1) is 14.1. The minimum absolute atomic E-state index is 0.203. The largest absolute Gasteiger partial charge is 0.368 e. The van der Waals surface area contributed by atoms with Crippen LogP contribution in [0.5, 0.6) is 0 Å². The maximum Gasteiger partial charge on any atom is 0.269 e. The molecule has 0 fully saturated rings. The molecule has 0 aliphatic carbocycles. The lowest BCUT2D eigenvalue weighted by Crippen LogP contribution is -2.29. The number of nitrogens with one attached hydrogen (secondary N) is 2. The summed E-state index contributed by atoms with van der Waals surface area (Å²) in [6.45, 7) is 4.92. The number of para-hydroxylation sites is 1. The highest BCUT2D eigenvalue weighted by Crippen LogP contribution is 2.14. The summed E-state index contributed by atoms with van der Waals surface area (Å²) in [4.78, 5) is 29.6. The number of aryl methyl sites for hydroxylation is 1. The number of anilines is 1. The van der Waals surface area contributed by atoms with Crippen molar-refractivity contribution < 1.29 is 4.79 Å². The number of nitrogens with zero attached hydrogens (tertiary/aromatic N) is 5. The smallest absolute Gasteiger partial charge is 0.269 e. The molecule has 146 valence electrons. The molecule has 0 aliphatic rings. The molecule has 2 N–H and O–H groups in total. The van der Waals surface area contributed by atoms with E-state index in [4.69, 9.17) is 0 Å². The number of pyridine rings is 1. The van der Waals surface area contributed by atoms with Gasteiger partial charge in [0.1, 0.15) is 30.0 Å². The Morgan fingerprint density at radius 2 is 1.90 bits per heavy atom. The normalized spacial score (nSPS) is 10.8. The Morgan fingerprint density at radius 1 is 1.03 bits per heavy atom. The molecular weight excluding hydrogens is 366 g/mol. The van der Waals surface area contributed by atoms with Gasteiger partial charge < -0.3 is 10.6 Å². The van der Waals surface area contributed by atoms with Gasteiger partial charge in [0.25, 0.3) is 5.91 Å². The third-order valence-corrected chi connectivity index (χ3v) is 4.70. The summed E-state index contributed by atoms with van der Waals surface area (Å²) < 4.78 is 1.91. The first kappa shape index (κ1) is 18.5. The minimum Gasteiger partial charge on any atom is -0.368 e. The summed E-state index contributed by atoms with van der Waals surface area (Å²) in [6, 6.07) is 13.2. The fourth-order valence-electron chi connectivity index (χ4n) is 2.95. The van der Waals surface area contributed by atoms with Gasteiger partial charge in [0.15, 0.2) is 0 Å². The lowest BCUT2D eigenvalue weighted by Gasteiger charge is -2.09. The topological polar surface area (TPSA) is 97.6 Å². The molecule has 4 rings (SSSR count). The summed E-state index contributed by atoms with van der Waals surface area (Å²) in [5, 5.41) is 7.08. The molecule has 8 nitrogen and oxygen atoms in total. The van der Waals surface area contributed by atoms with Crippen LogP contribution in [0.2, 0.25) is 0 Å². The van der Waals surface area contributed by atoms with E-state index >= 15 is 0 Å². The maximum atomic E-state index is 12.3. The Morgan fingerprint density at radius 3 is 2.72 bits per heavy atom. The van der Waals surface area contributed by atoms with E-state index in [9.17, 15) is 4.79 Å². The molecule has 0 spiro atoms. The Labute approximate surface area is 168 Å². The number of hydrogen-bond donors (Lipinski definition) is 2. The molecule has 1 aromatic carbocycles. The van der Waals surface area contributed by atoms with Crippen molar-refractivity contribution in [3.63, 3.8) is 0 Å². The summed E-state index contributed by atoms with van der Waals surface area (Å²) in [6.07, 6.45) is 3.25. The molecule has 3 aromatic heterocycles. The summed E-state index contributed by atoms with van der Waals surface area (Å²) in [5.74, 6) is 1.22.